The van der Waals surface area contributed by atoms with E-state index in [-0.39, 0.29) is 5.91 Å². The molecule has 1 saturated heterocycles. The van der Waals surface area contributed by atoms with E-state index in [4.69, 9.17) is 4.74 Å². The predicted molar refractivity (Wildman–Crippen MR) is 109 cm³/mol. The lowest BCUT2D eigenvalue weighted by Gasteiger charge is -2.39. The Bertz CT molecular complexity index is 1020. The van der Waals surface area contributed by atoms with E-state index in [1.165, 1.54) is 12.8 Å². The highest BCUT2D eigenvalue weighted by atomic mass is 16.5. The van der Waals surface area contributed by atoms with Crippen LogP contribution in [0.3, 0.4) is 0 Å². The smallest absolute Gasteiger partial charge is 0.256 e. The number of hydrogen-bond acceptors (Lipinski definition) is 6. The molecule has 1 aliphatic heterocycles. The van der Waals surface area contributed by atoms with Gasteiger partial charge in [-0.25, -0.2) is 15.0 Å². The largest absolute Gasteiger partial charge is 0.481 e. The van der Waals surface area contributed by atoms with Gasteiger partial charge < -0.3 is 19.5 Å². The summed E-state index contributed by atoms with van der Waals surface area (Å²) in [5.41, 5.74) is 1.45. The van der Waals surface area contributed by atoms with E-state index in [1.807, 2.05) is 23.1 Å². The maximum atomic E-state index is 13.1. The minimum absolute atomic E-state index is 0.0735. The number of likely N-dealkylation sites (tertiary alicyclic amines) is 1. The third-order valence-electron chi connectivity index (χ3n) is 5.87. The summed E-state index contributed by atoms with van der Waals surface area (Å²) in [5, 5.41) is 0.882. The van der Waals surface area contributed by atoms with Crippen molar-refractivity contribution in [1.82, 2.24) is 24.8 Å². The maximum absolute atomic E-state index is 13.1. The molecule has 2 fully saturated rings. The Morgan fingerprint density at radius 1 is 1.17 bits per heavy atom. The Kier molecular flexibility index (Phi) is 4.54. The number of piperidine rings is 1. The molecule has 2 aliphatic rings. The van der Waals surface area contributed by atoms with Crippen molar-refractivity contribution in [3.8, 4) is 5.88 Å². The topological polar surface area (TPSA) is 87.2 Å². The molecule has 4 heterocycles. The van der Waals surface area contributed by atoms with Crippen LogP contribution < -0.4 is 9.64 Å². The summed E-state index contributed by atoms with van der Waals surface area (Å²) in [4.78, 5) is 33.5. The van der Waals surface area contributed by atoms with Crippen LogP contribution in [0.1, 0.15) is 36.0 Å². The minimum Gasteiger partial charge on any atom is -0.481 e. The second kappa shape index (κ2) is 7.35. The van der Waals surface area contributed by atoms with Crippen LogP contribution in [-0.2, 0) is 0 Å². The van der Waals surface area contributed by atoms with E-state index in [0.717, 1.165) is 42.8 Å². The zero-order valence-electron chi connectivity index (χ0n) is 16.4. The standard InChI is InChI=1S/C21H24N6O2/c1-29-19-11-18(24-13-25-19)27(14-4-5-14)15-6-9-26(10-7-15)21(28)17-12-23-20-16(17)3-2-8-22-20/h2-3,8,11-15H,4-7,9-10H2,1H3,(H,22,23). The molecule has 29 heavy (non-hydrogen) atoms. The fraction of sp³-hybridized carbons (Fsp3) is 0.429. The number of nitrogens with zero attached hydrogens (tertiary/aromatic N) is 5. The zero-order chi connectivity index (χ0) is 19.8. The van der Waals surface area contributed by atoms with E-state index < -0.39 is 0 Å². The van der Waals surface area contributed by atoms with Crippen LogP contribution in [0.5, 0.6) is 5.88 Å². The molecule has 1 aliphatic carbocycles. The zero-order valence-corrected chi connectivity index (χ0v) is 16.4. The number of fused-ring (bicyclic) bond motifs is 1. The van der Waals surface area contributed by atoms with E-state index in [2.05, 4.69) is 24.8 Å². The second-order valence-corrected chi connectivity index (χ2v) is 7.68. The number of nitrogens with one attached hydrogen (secondary N) is 1. The molecule has 8 heteroatoms. The summed E-state index contributed by atoms with van der Waals surface area (Å²) >= 11 is 0. The van der Waals surface area contributed by atoms with Gasteiger partial charge in [-0.3, -0.25) is 4.79 Å². The number of rotatable bonds is 5. The van der Waals surface area contributed by atoms with Gasteiger partial charge in [0.2, 0.25) is 5.88 Å². The van der Waals surface area contributed by atoms with Gasteiger partial charge >= 0.3 is 0 Å². The summed E-state index contributed by atoms with van der Waals surface area (Å²) < 4.78 is 5.28. The van der Waals surface area contributed by atoms with Crippen LogP contribution in [0.4, 0.5) is 5.82 Å². The second-order valence-electron chi connectivity index (χ2n) is 7.68. The first-order valence-corrected chi connectivity index (χ1v) is 10.1. The van der Waals surface area contributed by atoms with Crippen molar-refractivity contribution in [2.75, 3.05) is 25.1 Å². The summed E-state index contributed by atoms with van der Waals surface area (Å²) in [6.07, 6.45) is 9.29. The SMILES string of the molecule is COc1cc(N(C2CC2)C2CCN(C(=O)c3c[nH]c4ncccc34)CC2)ncn1. The van der Waals surface area contributed by atoms with Crippen LogP contribution in [0.15, 0.2) is 36.9 Å². The number of H-pyrrole nitrogens is 1. The predicted octanol–water partition coefficient (Wildman–Crippen LogP) is 2.64. The Labute approximate surface area is 168 Å². The molecule has 150 valence electrons. The highest BCUT2D eigenvalue weighted by Crippen LogP contribution is 2.36. The van der Waals surface area contributed by atoms with Gasteiger partial charge in [0.05, 0.1) is 12.7 Å². The Balaban J connectivity index is 1.30. The van der Waals surface area contributed by atoms with Gasteiger partial charge in [-0.15, -0.1) is 0 Å². The highest BCUT2D eigenvalue weighted by Gasteiger charge is 2.37. The van der Waals surface area contributed by atoms with Crippen LogP contribution in [0.2, 0.25) is 0 Å². The quantitative estimate of drug-likeness (QED) is 0.718. The first-order valence-electron chi connectivity index (χ1n) is 10.1. The van der Waals surface area contributed by atoms with Crippen molar-refractivity contribution < 1.29 is 9.53 Å². The number of aromatic nitrogens is 4. The van der Waals surface area contributed by atoms with Crippen LogP contribution in [0, 0.1) is 0 Å². The van der Waals surface area contributed by atoms with Crippen LogP contribution in [0.25, 0.3) is 11.0 Å². The minimum atomic E-state index is 0.0735. The normalized spacial score (nSPS) is 17.5. The van der Waals surface area contributed by atoms with Gasteiger partial charge in [0.1, 0.15) is 17.8 Å². The van der Waals surface area contributed by atoms with Crippen molar-refractivity contribution in [2.45, 2.75) is 37.8 Å². The van der Waals surface area contributed by atoms with Gasteiger partial charge in [-0.1, -0.05) is 0 Å². The van der Waals surface area contributed by atoms with Crippen molar-refractivity contribution in [3.63, 3.8) is 0 Å². The third-order valence-corrected chi connectivity index (χ3v) is 5.87. The number of methoxy groups -OCH3 is 1. The Morgan fingerprint density at radius 3 is 2.72 bits per heavy atom. The highest BCUT2D eigenvalue weighted by molar-refractivity contribution is 6.05. The lowest BCUT2D eigenvalue weighted by molar-refractivity contribution is 0.0714. The van der Waals surface area contributed by atoms with Gasteiger partial charge in [0.15, 0.2) is 0 Å². The van der Waals surface area contributed by atoms with Gasteiger partial charge in [-0.2, -0.15) is 0 Å². The first-order chi connectivity index (χ1) is 14.2. The lowest BCUT2D eigenvalue weighted by Crippen LogP contribution is -2.48. The molecule has 3 aromatic rings. The van der Waals surface area contributed by atoms with Gasteiger partial charge in [0.25, 0.3) is 5.91 Å². The molecule has 8 nitrogen and oxygen atoms in total. The lowest BCUT2D eigenvalue weighted by atomic mass is 10.0. The van der Waals surface area contributed by atoms with Crippen LogP contribution >= 0.6 is 0 Å². The maximum Gasteiger partial charge on any atom is 0.256 e. The number of ether oxygens (including phenoxy) is 1. The van der Waals surface area contributed by atoms with Crippen molar-refractivity contribution in [1.29, 1.82) is 0 Å². The van der Waals surface area contributed by atoms with Crippen molar-refractivity contribution >= 4 is 22.8 Å². The molecule has 0 bridgehead atoms. The van der Waals surface area contributed by atoms with Crippen molar-refractivity contribution in [3.05, 3.63) is 42.5 Å². The Morgan fingerprint density at radius 2 is 1.97 bits per heavy atom. The molecular weight excluding hydrogens is 368 g/mol. The molecule has 0 aromatic carbocycles. The third kappa shape index (κ3) is 3.39. The average molecular weight is 392 g/mol. The van der Waals surface area contributed by atoms with Gasteiger partial charge in [0, 0.05) is 49.0 Å². The number of anilines is 1. The fourth-order valence-electron chi connectivity index (χ4n) is 4.26. The number of carbonyl (C=O) groups is 1. The van der Waals surface area contributed by atoms with E-state index in [0.29, 0.717) is 23.5 Å². The van der Waals surface area contributed by atoms with Crippen LogP contribution in [-0.4, -0.2) is 63.0 Å². The molecule has 0 unspecified atom stereocenters. The molecule has 0 spiro atoms. The Hall–Kier alpha value is -3.16. The number of aromatic amines is 1. The molecule has 5 rings (SSSR count). The number of pyridine rings is 1. The summed E-state index contributed by atoms with van der Waals surface area (Å²) in [5.74, 6) is 1.58. The van der Waals surface area contributed by atoms with E-state index >= 15 is 0 Å². The summed E-state index contributed by atoms with van der Waals surface area (Å²) in [6.45, 7) is 1.48. The fourth-order valence-corrected chi connectivity index (χ4v) is 4.26. The molecule has 3 aromatic heterocycles. The molecule has 1 N–H and O–H groups in total. The molecule has 0 atom stereocenters. The number of hydrogen-bond donors (Lipinski definition) is 1. The molecule has 1 amide bonds. The summed E-state index contributed by atoms with van der Waals surface area (Å²) in [6, 6.07) is 6.62. The number of carbonyl (C=O) groups excluding carboxylic acids is 1. The molecule has 1 saturated carbocycles. The van der Waals surface area contributed by atoms with Crippen molar-refractivity contribution in [2.24, 2.45) is 0 Å². The first kappa shape index (κ1) is 17.9. The molecule has 0 radical (unpaired) electrons. The molecular formula is C21H24N6O2. The monoisotopic (exact) mass is 392 g/mol. The van der Waals surface area contributed by atoms with Gasteiger partial charge in [-0.05, 0) is 37.8 Å². The number of amides is 1. The van der Waals surface area contributed by atoms with E-state index in [9.17, 15) is 4.79 Å². The van der Waals surface area contributed by atoms with E-state index in [1.54, 1.807) is 25.8 Å². The average Bonchev–Trinajstić information content (AvgIpc) is 3.51. The summed E-state index contributed by atoms with van der Waals surface area (Å²) in [7, 11) is 1.62.